The Morgan fingerprint density at radius 1 is 1.28 bits per heavy atom. The lowest BCUT2D eigenvalue weighted by molar-refractivity contribution is -0.121. The maximum absolute atomic E-state index is 12.0. The van der Waals surface area contributed by atoms with Crippen molar-refractivity contribution in [3.63, 3.8) is 0 Å². The standard InChI is InChI=1S/C15H15NOS/c17-15(10-12-5-3-9-18-12)16-14-8-7-11-4-1-2-6-13(11)14/h1-6,9,14H,7-8,10H2,(H,16,17). The van der Waals surface area contributed by atoms with Crippen LogP contribution < -0.4 is 5.32 Å². The summed E-state index contributed by atoms with van der Waals surface area (Å²) in [4.78, 5) is 13.1. The van der Waals surface area contributed by atoms with Gasteiger partial charge in [-0.05, 0) is 35.4 Å². The highest BCUT2D eigenvalue weighted by atomic mass is 32.1. The third kappa shape index (κ3) is 2.31. The van der Waals surface area contributed by atoms with Crippen LogP contribution in [-0.4, -0.2) is 5.91 Å². The third-order valence-corrected chi connectivity index (χ3v) is 4.26. The first-order valence-electron chi connectivity index (χ1n) is 6.22. The maximum atomic E-state index is 12.0. The molecule has 1 N–H and O–H groups in total. The van der Waals surface area contributed by atoms with Gasteiger partial charge in [0, 0.05) is 4.88 Å². The van der Waals surface area contributed by atoms with Crippen LogP contribution in [0.3, 0.4) is 0 Å². The summed E-state index contributed by atoms with van der Waals surface area (Å²) in [5, 5.41) is 5.15. The highest BCUT2D eigenvalue weighted by Crippen LogP contribution is 2.30. The molecule has 1 atom stereocenters. The Kier molecular flexibility index (Phi) is 3.15. The Hall–Kier alpha value is -1.61. The average Bonchev–Trinajstić information content (AvgIpc) is 3.00. The second-order valence-electron chi connectivity index (χ2n) is 4.61. The molecule has 2 nitrogen and oxygen atoms in total. The summed E-state index contributed by atoms with van der Waals surface area (Å²) < 4.78 is 0. The number of nitrogens with one attached hydrogen (secondary N) is 1. The highest BCUT2D eigenvalue weighted by Gasteiger charge is 2.23. The van der Waals surface area contributed by atoms with E-state index in [1.807, 2.05) is 23.6 Å². The second-order valence-corrected chi connectivity index (χ2v) is 5.65. The van der Waals surface area contributed by atoms with Gasteiger partial charge < -0.3 is 5.32 Å². The number of amides is 1. The van der Waals surface area contributed by atoms with Gasteiger partial charge in [0.2, 0.25) is 5.91 Å². The van der Waals surface area contributed by atoms with E-state index in [4.69, 9.17) is 0 Å². The normalized spacial score (nSPS) is 17.4. The molecule has 0 aliphatic heterocycles. The van der Waals surface area contributed by atoms with Crippen molar-refractivity contribution < 1.29 is 4.79 Å². The van der Waals surface area contributed by atoms with E-state index in [-0.39, 0.29) is 11.9 Å². The van der Waals surface area contributed by atoms with Gasteiger partial charge in [-0.15, -0.1) is 11.3 Å². The topological polar surface area (TPSA) is 29.1 Å². The number of carbonyl (C=O) groups excluding carboxylic acids is 1. The van der Waals surface area contributed by atoms with Crippen molar-refractivity contribution in [2.24, 2.45) is 0 Å². The van der Waals surface area contributed by atoms with Crippen LogP contribution >= 0.6 is 11.3 Å². The summed E-state index contributed by atoms with van der Waals surface area (Å²) in [5.41, 5.74) is 2.66. The van der Waals surface area contributed by atoms with E-state index in [0.717, 1.165) is 17.7 Å². The highest BCUT2D eigenvalue weighted by molar-refractivity contribution is 7.10. The van der Waals surface area contributed by atoms with Crippen LogP contribution in [0.1, 0.15) is 28.5 Å². The molecule has 3 heteroatoms. The quantitative estimate of drug-likeness (QED) is 0.899. The van der Waals surface area contributed by atoms with E-state index in [1.165, 1.54) is 11.1 Å². The number of hydrogen-bond donors (Lipinski definition) is 1. The van der Waals surface area contributed by atoms with E-state index >= 15 is 0 Å². The Bertz CT molecular complexity index is 547. The van der Waals surface area contributed by atoms with Crippen LogP contribution in [0.15, 0.2) is 41.8 Å². The number of carbonyl (C=O) groups is 1. The smallest absolute Gasteiger partial charge is 0.225 e. The Morgan fingerprint density at radius 2 is 2.17 bits per heavy atom. The van der Waals surface area contributed by atoms with Crippen LogP contribution in [0.25, 0.3) is 0 Å². The van der Waals surface area contributed by atoms with Gasteiger partial charge in [-0.25, -0.2) is 0 Å². The minimum Gasteiger partial charge on any atom is -0.349 e. The number of aryl methyl sites for hydroxylation is 1. The molecule has 1 aliphatic rings. The summed E-state index contributed by atoms with van der Waals surface area (Å²) in [6.45, 7) is 0. The lowest BCUT2D eigenvalue weighted by Crippen LogP contribution is -2.28. The predicted molar refractivity (Wildman–Crippen MR) is 73.7 cm³/mol. The van der Waals surface area contributed by atoms with Crippen LogP contribution in [-0.2, 0) is 17.6 Å². The predicted octanol–water partition coefficient (Wildman–Crippen LogP) is 3.09. The molecule has 0 spiro atoms. The van der Waals surface area contributed by atoms with E-state index in [1.54, 1.807) is 11.3 Å². The van der Waals surface area contributed by atoms with E-state index in [9.17, 15) is 4.79 Å². The number of benzene rings is 1. The third-order valence-electron chi connectivity index (χ3n) is 3.38. The summed E-state index contributed by atoms with van der Waals surface area (Å²) in [6, 6.07) is 12.6. The van der Waals surface area contributed by atoms with Gasteiger partial charge in [0.15, 0.2) is 0 Å². The minimum absolute atomic E-state index is 0.124. The number of hydrogen-bond acceptors (Lipinski definition) is 2. The average molecular weight is 257 g/mol. The molecule has 1 aromatic heterocycles. The molecule has 0 saturated carbocycles. The molecular formula is C15H15NOS. The molecule has 0 bridgehead atoms. The summed E-state index contributed by atoms with van der Waals surface area (Å²) in [5.74, 6) is 0.124. The van der Waals surface area contributed by atoms with Crippen LogP contribution in [0.4, 0.5) is 0 Å². The molecule has 18 heavy (non-hydrogen) atoms. The number of rotatable bonds is 3. The molecule has 1 amide bonds. The molecule has 1 aliphatic carbocycles. The summed E-state index contributed by atoms with van der Waals surface area (Å²) in [7, 11) is 0. The zero-order chi connectivity index (χ0) is 12.4. The first kappa shape index (κ1) is 11.5. The fraction of sp³-hybridized carbons (Fsp3) is 0.267. The lowest BCUT2D eigenvalue weighted by atomic mass is 10.1. The molecule has 1 aromatic carbocycles. The van der Waals surface area contributed by atoms with Gasteiger partial charge in [0.05, 0.1) is 12.5 Å². The molecule has 92 valence electrons. The largest absolute Gasteiger partial charge is 0.349 e. The van der Waals surface area contributed by atoms with Gasteiger partial charge in [0.25, 0.3) is 0 Å². The van der Waals surface area contributed by atoms with Crippen molar-refractivity contribution in [3.05, 3.63) is 57.8 Å². The van der Waals surface area contributed by atoms with Gasteiger partial charge in [-0.3, -0.25) is 4.79 Å². The number of thiophene rings is 1. The summed E-state index contributed by atoms with van der Waals surface area (Å²) >= 11 is 1.63. The van der Waals surface area contributed by atoms with Gasteiger partial charge >= 0.3 is 0 Å². The molecule has 3 rings (SSSR count). The van der Waals surface area contributed by atoms with Crippen molar-refractivity contribution in [2.45, 2.75) is 25.3 Å². The number of fused-ring (bicyclic) bond motifs is 1. The Morgan fingerprint density at radius 3 is 3.00 bits per heavy atom. The van der Waals surface area contributed by atoms with Gasteiger partial charge in [-0.2, -0.15) is 0 Å². The van der Waals surface area contributed by atoms with Gasteiger partial charge in [0.1, 0.15) is 0 Å². The van der Waals surface area contributed by atoms with E-state index < -0.39 is 0 Å². The Balaban J connectivity index is 1.66. The van der Waals surface area contributed by atoms with Crippen LogP contribution in [0.2, 0.25) is 0 Å². The fourth-order valence-corrected chi connectivity index (χ4v) is 3.23. The van der Waals surface area contributed by atoms with Crippen molar-refractivity contribution in [1.29, 1.82) is 0 Å². The monoisotopic (exact) mass is 257 g/mol. The second kappa shape index (κ2) is 4.94. The molecule has 0 radical (unpaired) electrons. The molecule has 0 fully saturated rings. The zero-order valence-electron chi connectivity index (χ0n) is 10.1. The van der Waals surface area contributed by atoms with E-state index in [0.29, 0.717) is 6.42 Å². The molecule has 1 unspecified atom stereocenters. The lowest BCUT2D eigenvalue weighted by Gasteiger charge is -2.13. The van der Waals surface area contributed by atoms with Crippen LogP contribution in [0.5, 0.6) is 0 Å². The first-order chi connectivity index (χ1) is 8.83. The maximum Gasteiger partial charge on any atom is 0.225 e. The zero-order valence-corrected chi connectivity index (χ0v) is 10.9. The summed E-state index contributed by atoms with van der Waals surface area (Å²) in [6.07, 6.45) is 2.59. The van der Waals surface area contributed by atoms with E-state index in [2.05, 4.69) is 23.5 Å². The van der Waals surface area contributed by atoms with Crippen molar-refractivity contribution in [3.8, 4) is 0 Å². The first-order valence-corrected chi connectivity index (χ1v) is 7.10. The molecule has 0 saturated heterocycles. The molecule has 2 aromatic rings. The molecule has 1 heterocycles. The van der Waals surface area contributed by atoms with Crippen molar-refractivity contribution in [1.82, 2.24) is 5.32 Å². The molecular weight excluding hydrogens is 242 g/mol. The Labute approximate surface area is 111 Å². The fourth-order valence-electron chi connectivity index (χ4n) is 2.52. The minimum atomic E-state index is 0.124. The van der Waals surface area contributed by atoms with Crippen molar-refractivity contribution in [2.75, 3.05) is 0 Å². The van der Waals surface area contributed by atoms with Crippen molar-refractivity contribution >= 4 is 17.2 Å². The SMILES string of the molecule is O=C(Cc1cccs1)NC1CCc2ccccc21. The van der Waals surface area contributed by atoms with Gasteiger partial charge in [-0.1, -0.05) is 30.3 Å². The van der Waals surface area contributed by atoms with Crippen LogP contribution in [0, 0.1) is 0 Å².